The van der Waals surface area contributed by atoms with E-state index in [1.165, 1.54) is 6.07 Å². The molecule has 1 heterocycles. The van der Waals surface area contributed by atoms with Gasteiger partial charge in [0.05, 0.1) is 17.9 Å². The van der Waals surface area contributed by atoms with Crippen LogP contribution in [-0.2, 0) is 20.7 Å². The molecule has 1 N–H and O–H groups in total. The number of imide groups is 1. The number of nitrogens with one attached hydrogen (secondary N) is 1. The number of rotatable bonds is 8. The molecule has 0 saturated carbocycles. The summed E-state index contributed by atoms with van der Waals surface area (Å²) >= 11 is 6.21. The van der Waals surface area contributed by atoms with E-state index in [9.17, 15) is 14.4 Å². The number of carbonyl (C=O) groups excluding carboxylic acids is 3. The molecular formula is C23H23ClN2O4. The third-order valence-electron chi connectivity index (χ3n) is 4.76. The summed E-state index contributed by atoms with van der Waals surface area (Å²) in [5, 5.41) is 2.81. The maximum Gasteiger partial charge on any atom is 0.338 e. The third-order valence-corrected chi connectivity index (χ3v) is 5.11. The van der Waals surface area contributed by atoms with Crippen molar-refractivity contribution in [2.75, 3.05) is 16.8 Å². The molecule has 0 aromatic heterocycles. The van der Waals surface area contributed by atoms with Gasteiger partial charge in [0, 0.05) is 5.69 Å². The topological polar surface area (TPSA) is 75.7 Å². The lowest BCUT2D eigenvalue weighted by Gasteiger charge is -2.16. The van der Waals surface area contributed by atoms with Gasteiger partial charge in [-0.25, -0.2) is 9.69 Å². The van der Waals surface area contributed by atoms with Gasteiger partial charge in [-0.2, -0.15) is 0 Å². The Morgan fingerprint density at radius 2 is 1.83 bits per heavy atom. The van der Waals surface area contributed by atoms with Crippen molar-refractivity contribution in [1.82, 2.24) is 0 Å². The second-order valence-corrected chi connectivity index (χ2v) is 7.19. The van der Waals surface area contributed by atoms with Crippen LogP contribution in [0.2, 0.25) is 0 Å². The highest BCUT2D eigenvalue weighted by Gasteiger charge is 2.39. The SMILES string of the molecule is CCCCOC(=O)c1cccc(N2C(=O)C(Cl)=C(Nc3ccccc3CC)C2=O)c1. The van der Waals surface area contributed by atoms with Crippen molar-refractivity contribution in [3.8, 4) is 0 Å². The monoisotopic (exact) mass is 426 g/mol. The molecule has 6 nitrogen and oxygen atoms in total. The van der Waals surface area contributed by atoms with Crippen molar-refractivity contribution in [3.63, 3.8) is 0 Å². The first-order valence-electron chi connectivity index (χ1n) is 9.88. The average molecular weight is 427 g/mol. The fourth-order valence-electron chi connectivity index (χ4n) is 3.10. The standard InChI is InChI=1S/C23H23ClN2O4/c1-3-5-13-30-23(29)16-10-8-11-17(14-16)26-21(27)19(24)20(22(26)28)25-18-12-7-6-9-15(18)4-2/h6-12,14,25H,3-5,13H2,1-2H3. The Kier molecular flexibility index (Phi) is 6.90. The molecule has 30 heavy (non-hydrogen) atoms. The number of esters is 1. The van der Waals surface area contributed by atoms with Gasteiger partial charge in [-0.15, -0.1) is 0 Å². The summed E-state index contributed by atoms with van der Waals surface area (Å²) < 4.78 is 5.21. The smallest absolute Gasteiger partial charge is 0.338 e. The number of carbonyl (C=O) groups is 3. The number of benzene rings is 2. The highest BCUT2D eigenvalue weighted by Crippen LogP contribution is 2.31. The summed E-state index contributed by atoms with van der Waals surface area (Å²) in [6.45, 7) is 4.31. The van der Waals surface area contributed by atoms with Crippen molar-refractivity contribution < 1.29 is 19.1 Å². The summed E-state index contributed by atoms with van der Waals surface area (Å²) in [6, 6.07) is 13.7. The minimum Gasteiger partial charge on any atom is -0.462 e. The number of hydrogen-bond acceptors (Lipinski definition) is 5. The Morgan fingerprint density at radius 1 is 1.07 bits per heavy atom. The lowest BCUT2D eigenvalue weighted by molar-refractivity contribution is -0.120. The summed E-state index contributed by atoms with van der Waals surface area (Å²) in [5.74, 6) is -1.72. The molecule has 3 rings (SSSR count). The van der Waals surface area contributed by atoms with Crippen LogP contribution in [0.1, 0.15) is 42.6 Å². The first-order chi connectivity index (χ1) is 14.5. The Balaban J connectivity index is 1.84. The minimum atomic E-state index is -0.644. The van der Waals surface area contributed by atoms with Gasteiger partial charge in [0.15, 0.2) is 0 Å². The van der Waals surface area contributed by atoms with Crippen LogP contribution < -0.4 is 10.2 Å². The van der Waals surface area contributed by atoms with Gasteiger partial charge in [-0.3, -0.25) is 9.59 Å². The molecule has 0 atom stereocenters. The quantitative estimate of drug-likeness (QED) is 0.378. The molecule has 0 fully saturated rings. The number of anilines is 2. The van der Waals surface area contributed by atoms with Gasteiger partial charge < -0.3 is 10.1 Å². The fraction of sp³-hybridized carbons (Fsp3) is 0.261. The van der Waals surface area contributed by atoms with E-state index >= 15 is 0 Å². The van der Waals surface area contributed by atoms with Crippen LogP contribution >= 0.6 is 11.6 Å². The lowest BCUT2D eigenvalue weighted by Crippen LogP contribution is -2.32. The van der Waals surface area contributed by atoms with E-state index in [1.807, 2.05) is 38.1 Å². The number of ether oxygens (including phenoxy) is 1. The van der Waals surface area contributed by atoms with Crippen molar-refractivity contribution in [1.29, 1.82) is 0 Å². The molecule has 0 spiro atoms. The molecule has 0 unspecified atom stereocenters. The molecular weight excluding hydrogens is 404 g/mol. The maximum atomic E-state index is 13.0. The van der Waals surface area contributed by atoms with E-state index in [4.69, 9.17) is 16.3 Å². The number of aryl methyl sites for hydroxylation is 1. The lowest BCUT2D eigenvalue weighted by atomic mass is 10.1. The summed E-state index contributed by atoms with van der Waals surface area (Å²) in [6.07, 6.45) is 2.43. The van der Waals surface area contributed by atoms with Gasteiger partial charge >= 0.3 is 5.97 Å². The molecule has 0 aliphatic carbocycles. The zero-order valence-electron chi connectivity index (χ0n) is 16.9. The Labute approximate surface area is 180 Å². The van der Waals surface area contributed by atoms with Gasteiger partial charge in [-0.05, 0) is 42.7 Å². The Hall–Kier alpha value is -3.12. The number of unbranched alkanes of at least 4 members (excludes halogenated alkanes) is 1. The molecule has 0 saturated heterocycles. The van der Waals surface area contributed by atoms with Gasteiger partial charge in [0.25, 0.3) is 11.8 Å². The first kappa shape index (κ1) is 21.6. The average Bonchev–Trinajstić information content (AvgIpc) is 2.97. The van der Waals surface area contributed by atoms with Crippen molar-refractivity contribution in [2.24, 2.45) is 0 Å². The van der Waals surface area contributed by atoms with Crippen LogP contribution in [0.3, 0.4) is 0 Å². The van der Waals surface area contributed by atoms with Crippen molar-refractivity contribution >= 4 is 40.8 Å². The zero-order chi connectivity index (χ0) is 21.7. The van der Waals surface area contributed by atoms with Crippen molar-refractivity contribution in [3.05, 3.63) is 70.4 Å². The molecule has 1 aliphatic rings. The van der Waals surface area contributed by atoms with Crippen LogP contribution in [0.4, 0.5) is 11.4 Å². The molecule has 7 heteroatoms. The third kappa shape index (κ3) is 4.39. The number of para-hydroxylation sites is 1. The van der Waals surface area contributed by atoms with E-state index < -0.39 is 17.8 Å². The summed E-state index contributed by atoms with van der Waals surface area (Å²) in [7, 11) is 0. The largest absolute Gasteiger partial charge is 0.462 e. The number of amides is 2. The van der Waals surface area contributed by atoms with Gasteiger partial charge in [0.1, 0.15) is 10.7 Å². The van der Waals surface area contributed by atoms with Gasteiger partial charge in [-0.1, -0.05) is 56.1 Å². The Morgan fingerprint density at radius 3 is 2.57 bits per heavy atom. The molecule has 0 radical (unpaired) electrons. The van der Waals surface area contributed by atoms with Crippen LogP contribution in [0, 0.1) is 0 Å². The first-order valence-corrected chi connectivity index (χ1v) is 10.3. The molecule has 0 bridgehead atoms. The molecule has 2 amide bonds. The maximum absolute atomic E-state index is 13.0. The number of halogens is 1. The fourth-order valence-corrected chi connectivity index (χ4v) is 3.31. The van der Waals surface area contributed by atoms with E-state index in [0.717, 1.165) is 29.7 Å². The van der Waals surface area contributed by atoms with Gasteiger partial charge in [0.2, 0.25) is 0 Å². The molecule has 2 aromatic rings. The van der Waals surface area contributed by atoms with Crippen molar-refractivity contribution in [2.45, 2.75) is 33.1 Å². The highest BCUT2D eigenvalue weighted by atomic mass is 35.5. The molecule has 2 aromatic carbocycles. The Bertz CT molecular complexity index is 1020. The molecule has 156 valence electrons. The normalized spacial score (nSPS) is 13.8. The van der Waals surface area contributed by atoms with Crippen LogP contribution in [0.15, 0.2) is 59.3 Å². The number of nitrogens with zero attached hydrogens (tertiary/aromatic N) is 1. The second kappa shape index (κ2) is 9.59. The summed E-state index contributed by atoms with van der Waals surface area (Å²) in [4.78, 5) is 38.9. The highest BCUT2D eigenvalue weighted by molar-refractivity contribution is 6.53. The zero-order valence-corrected chi connectivity index (χ0v) is 17.7. The molecule has 1 aliphatic heterocycles. The second-order valence-electron chi connectivity index (χ2n) is 6.81. The summed E-state index contributed by atoms with van der Waals surface area (Å²) in [5.41, 5.74) is 2.24. The van der Waals surface area contributed by atoms with Crippen LogP contribution in [-0.4, -0.2) is 24.4 Å². The van der Waals surface area contributed by atoms with Crippen LogP contribution in [0.25, 0.3) is 0 Å². The predicted octanol–water partition coefficient (Wildman–Crippen LogP) is 4.64. The van der Waals surface area contributed by atoms with E-state index in [1.54, 1.807) is 18.2 Å². The number of hydrogen-bond donors (Lipinski definition) is 1. The van der Waals surface area contributed by atoms with E-state index in [2.05, 4.69) is 5.32 Å². The minimum absolute atomic E-state index is 0.0125. The van der Waals surface area contributed by atoms with E-state index in [-0.39, 0.29) is 22.0 Å². The van der Waals surface area contributed by atoms with E-state index in [0.29, 0.717) is 12.3 Å². The van der Waals surface area contributed by atoms with Crippen LogP contribution in [0.5, 0.6) is 0 Å². The predicted molar refractivity (Wildman–Crippen MR) is 116 cm³/mol.